The predicted octanol–water partition coefficient (Wildman–Crippen LogP) is 3.18. The third-order valence-corrected chi connectivity index (χ3v) is 3.24. The maximum absolute atomic E-state index is 5.63. The molecular formula is C16H18N2O2. The molecular weight excluding hydrogens is 252 g/mol. The molecule has 104 valence electrons. The lowest BCUT2D eigenvalue weighted by molar-refractivity contribution is 0.171. The minimum atomic E-state index is 0.598. The van der Waals surface area contributed by atoms with Gasteiger partial charge in [0.25, 0.3) is 0 Å². The van der Waals surface area contributed by atoms with Gasteiger partial charge in [-0.05, 0) is 37.6 Å². The Hall–Kier alpha value is -2.10. The second-order valence-corrected chi connectivity index (χ2v) is 4.90. The van der Waals surface area contributed by atoms with Crippen LogP contribution in [0.1, 0.15) is 24.9 Å². The van der Waals surface area contributed by atoms with Crippen LogP contribution in [0.15, 0.2) is 24.3 Å². The zero-order chi connectivity index (χ0) is 13.9. The van der Waals surface area contributed by atoms with Crippen molar-refractivity contribution in [2.24, 2.45) is 0 Å². The average molecular weight is 270 g/mol. The molecule has 0 aliphatic carbocycles. The van der Waals surface area contributed by atoms with Gasteiger partial charge in [-0.15, -0.1) is 0 Å². The Morgan fingerprint density at radius 2 is 1.85 bits per heavy atom. The fourth-order valence-electron chi connectivity index (χ4n) is 2.36. The SMILES string of the molecule is CCCc1cc(-c2ccc3c(c2)OCCO3)nc(C)n1. The molecule has 0 unspecified atom stereocenters. The van der Waals surface area contributed by atoms with Crippen LogP contribution in [0, 0.1) is 6.92 Å². The van der Waals surface area contributed by atoms with E-state index in [1.807, 2.05) is 25.1 Å². The van der Waals surface area contributed by atoms with Crippen LogP contribution in [0.3, 0.4) is 0 Å². The highest BCUT2D eigenvalue weighted by molar-refractivity contribution is 5.64. The third-order valence-electron chi connectivity index (χ3n) is 3.24. The van der Waals surface area contributed by atoms with Crippen LogP contribution >= 0.6 is 0 Å². The third kappa shape index (κ3) is 2.59. The molecule has 1 aromatic carbocycles. The maximum Gasteiger partial charge on any atom is 0.162 e. The fourth-order valence-corrected chi connectivity index (χ4v) is 2.36. The number of rotatable bonds is 3. The molecule has 4 heteroatoms. The quantitative estimate of drug-likeness (QED) is 0.859. The van der Waals surface area contributed by atoms with E-state index in [-0.39, 0.29) is 0 Å². The summed E-state index contributed by atoms with van der Waals surface area (Å²) in [4.78, 5) is 9.00. The first-order chi connectivity index (χ1) is 9.76. The van der Waals surface area contributed by atoms with Crippen LogP contribution in [0.4, 0.5) is 0 Å². The van der Waals surface area contributed by atoms with Crippen molar-refractivity contribution in [2.75, 3.05) is 13.2 Å². The molecule has 0 bridgehead atoms. The van der Waals surface area contributed by atoms with Crippen molar-refractivity contribution >= 4 is 0 Å². The number of aromatic nitrogens is 2. The molecule has 20 heavy (non-hydrogen) atoms. The van der Waals surface area contributed by atoms with Crippen molar-refractivity contribution in [2.45, 2.75) is 26.7 Å². The Morgan fingerprint density at radius 1 is 1.05 bits per heavy atom. The topological polar surface area (TPSA) is 44.2 Å². The van der Waals surface area contributed by atoms with Crippen molar-refractivity contribution in [3.05, 3.63) is 35.8 Å². The summed E-state index contributed by atoms with van der Waals surface area (Å²) in [5.41, 5.74) is 3.07. The van der Waals surface area contributed by atoms with Crippen LogP contribution < -0.4 is 9.47 Å². The van der Waals surface area contributed by atoms with E-state index in [4.69, 9.17) is 9.47 Å². The Bertz CT molecular complexity index is 626. The summed E-state index contributed by atoms with van der Waals surface area (Å²) in [5.74, 6) is 2.41. The van der Waals surface area contributed by atoms with E-state index in [0.717, 1.165) is 47.1 Å². The lowest BCUT2D eigenvalue weighted by atomic mass is 10.1. The van der Waals surface area contributed by atoms with Crippen LogP contribution in [0.25, 0.3) is 11.3 Å². The summed E-state index contributed by atoms with van der Waals surface area (Å²) in [6, 6.07) is 8.01. The van der Waals surface area contributed by atoms with Gasteiger partial charge in [0.2, 0.25) is 0 Å². The maximum atomic E-state index is 5.63. The van der Waals surface area contributed by atoms with Gasteiger partial charge in [-0.3, -0.25) is 0 Å². The van der Waals surface area contributed by atoms with Gasteiger partial charge in [0.05, 0.1) is 5.69 Å². The van der Waals surface area contributed by atoms with Crippen molar-refractivity contribution in [1.29, 1.82) is 0 Å². The Balaban J connectivity index is 1.99. The summed E-state index contributed by atoms with van der Waals surface area (Å²) in [6.45, 7) is 5.29. The molecule has 0 radical (unpaired) electrons. The van der Waals surface area contributed by atoms with E-state index in [2.05, 4.69) is 23.0 Å². The molecule has 3 rings (SSSR count). The number of hydrogen-bond acceptors (Lipinski definition) is 4. The number of benzene rings is 1. The molecule has 0 spiro atoms. The van der Waals surface area contributed by atoms with Crippen molar-refractivity contribution < 1.29 is 9.47 Å². The van der Waals surface area contributed by atoms with Crippen molar-refractivity contribution in [3.63, 3.8) is 0 Å². The van der Waals surface area contributed by atoms with Crippen molar-refractivity contribution in [1.82, 2.24) is 9.97 Å². The summed E-state index contributed by atoms with van der Waals surface area (Å²) < 4.78 is 11.2. The molecule has 0 saturated carbocycles. The normalized spacial score (nSPS) is 13.3. The highest BCUT2D eigenvalue weighted by Crippen LogP contribution is 2.34. The summed E-state index contributed by atoms with van der Waals surface area (Å²) >= 11 is 0. The van der Waals surface area contributed by atoms with E-state index in [0.29, 0.717) is 13.2 Å². The first kappa shape index (κ1) is 12.9. The molecule has 2 heterocycles. The average Bonchev–Trinajstić information content (AvgIpc) is 2.46. The zero-order valence-corrected chi connectivity index (χ0v) is 11.8. The van der Waals surface area contributed by atoms with Crippen LogP contribution in [0.5, 0.6) is 11.5 Å². The molecule has 0 atom stereocenters. The molecule has 0 saturated heterocycles. The van der Waals surface area contributed by atoms with Crippen LogP contribution in [-0.4, -0.2) is 23.2 Å². The minimum Gasteiger partial charge on any atom is -0.486 e. The molecule has 2 aromatic rings. The molecule has 0 N–H and O–H groups in total. The molecule has 0 fully saturated rings. The van der Waals surface area contributed by atoms with Gasteiger partial charge in [0.15, 0.2) is 11.5 Å². The summed E-state index contributed by atoms with van der Waals surface area (Å²) in [5, 5.41) is 0. The van der Waals surface area contributed by atoms with E-state index < -0.39 is 0 Å². The lowest BCUT2D eigenvalue weighted by Crippen LogP contribution is -2.15. The van der Waals surface area contributed by atoms with E-state index in [9.17, 15) is 0 Å². The second-order valence-electron chi connectivity index (χ2n) is 4.90. The fraction of sp³-hybridized carbons (Fsp3) is 0.375. The monoisotopic (exact) mass is 270 g/mol. The van der Waals surface area contributed by atoms with Gasteiger partial charge in [0, 0.05) is 11.3 Å². The first-order valence-electron chi connectivity index (χ1n) is 7.01. The molecule has 1 aliphatic heterocycles. The molecule has 4 nitrogen and oxygen atoms in total. The Morgan fingerprint density at radius 3 is 2.65 bits per heavy atom. The van der Waals surface area contributed by atoms with E-state index >= 15 is 0 Å². The highest BCUT2D eigenvalue weighted by atomic mass is 16.6. The number of aryl methyl sites for hydroxylation is 2. The standard InChI is InChI=1S/C16H18N2O2/c1-3-4-13-10-14(18-11(2)17-13)12-5-6-15-16(9-12)20-8-7-19-15/h5-6,9-10H,3-4,7-8H2,1-2H3. The smallest absolute Gasteiger partial charge is 0.162 e. The largest absolute Gasteiger partial charge is 0.486 e. The van der Waals surface area contributed by atoms with Gasteiger partial charge in [-0.25, -0.2) is 9.97 Å². The zero-order valence-electron chi connectivity index (χ0n) is 11.8. The summed E-state index contributed by atoms with van der Waals surface area (Å²) in [7, 11) is 0. The van der Waals surface area contributed by atoms with Gasteiger partial charge in [-0.1, -0.05) is 13.3 Å². The molecule has 0 amide bonds. The van der Waals surface area contributed by atoms with Gasteiger partial charge >= 0.3 is 0 Å². The first-order valence-corrected chi connectivity index (χ1v) is 7.01. The summed E-state index contributed by atoms with van der Waals surface area (Å²) in [6.07, 6.45) is 2.05. The second kappa shape index (κ2) is 5.49. The number of fused-ring (bicyclic) bond motifs is 1. The van der Waals surface area contributed by atoms with Gasteiger partial charge < -0.3 is 9.47 Å². The number of nitrogens with zero attached hydrogens (tertiary/aromatic N) is 2. The molecule has 1 aliphatic rings. The van der Waals surface area contributed by atoms with Crippen molar-refractivity contribution in [3.8, 4) is 22.8 Å². The van der Waals surface area contributed by atoms with Crippen LogP contribution in [0.2, 0.25) is 0 Å². The predicted molar refractivity (Wildman–Crippen MR) is 77.2 cm³/mol. The van der Waals surface area contributed by atoms with Gasteiger partial charge in [-0.2, -0.15) is 0 Å². The lowest BCUT2D eigenvalue weighted by Gasteiger charge is -2.18. The van der Waals surface area contributed by atoms with E-state index in [1.165, 1.54) is 0 Å². The van der Waals surface area contributed by atoms with Gasteiger partial charge in [0.1, 0.15) is 19.0 Å². The van der Waals surface area contributed by atoms with Crippen LogP contribution in [-0.2, 0) is 6.42 Å². The Kier molecular flexibility index (Phi) is 3.54. The Labute approximate surface area is 118 Å². The minimum absolute atomic E-state index is 0.598. The van der Waals surface area contributed by atoms with E-state index in [1.54, 1.807) is 0 Å². The number of ether oxygens (including phenoxy) is 2. The number of hydrogen-bond donors (Lipinski definition) is 0. The molecule has 1 aromatic heterocycles. The highest BCUT2D eigenvalue weighted by Gasteiger charge is 2.13.